The Bertz CT molecular complexity index is 757. The number of para-hydroxylation sites is 2. The van der Waals surface area contributed by atoms with Gasteiger partial charge in [-0.15, -0.1) is 0 Å². The van der Waals surface area contributed by atoms with Gasteiger partial charge in [-0.2, -0.15) is 5.10 Å². The molecule has 0 bridgehead atoms. The normalized spacial score (nSPS) is 10.5. The van der Waals surface area contributed by atoms with E-state index in [1.54, 1.807) is 24.3 Å². The molecule has 106 valence electrons. The van der Waals surface area contributed by atoms with E-state index in [2.05, 4.69) is 15.2 Å². The molecule has 0 amide bonds. The third kappa shape index (κ3) is 3.00. The molecule has 0 radical (unpaired) electrons. The van der Waals surface area contributed by atoms with Crippen LogP contribution in [-0.2, 0) is 6.61 Å². The van der Waals surface area contributed by atoms with Crippen LogP contribution in [0.3, 0.4) is 0 Å². The Hall–Kier alpha value is -2.89. The monoisotopic (exact) mass is 284 g/mol. The van der Waals surface area contributed by atoms with Crippen LogP contribution in [0.25, 0.3) is 11.4 Å². The molecule has 0 aliphatic rings. The van der Waals surface area contributed by atoms with Crippen molar-refractivity contribution in [3.05, 3.63) is 60.2 Å². The summed E-state index contributed by atoms with van der Waals surface area (Å²) in [4.78, 5) is 4.27. The van der Waals surface area contributed by atoms with Gasteiger partial charge in [-0.05, 0) is 24.3 Å². The van der Waals surface area contributed by atoms with Gasteiger partial charge in [0.15, 0.2) is 11.6 Å². The van der Waals surface area contributed by atoms with Gasteiger partial charge in [0, 0.05) is 5.56 Å². The highest BCUT2D eigenvalue weighted by Gasteiger charge is 2.08. The van der Waals surface area contributed by atoms with Crippen LogP contribution in [0.1, 0.15) is 5.82 Å². The van der Waals surface area contributed by atoms with Crippen LogP contribution >= 0.6 is 0 Å². The predicted octanol–water partition coefficient (Wildman–Crippen LogP) is 2.77. The largest absolute Gasteiger partial charge is 0.483 e. The summed E-state index contributed by atoms with van der Waals surface area (Å²) < 4.78 is 18.7. The van der Waals surface area contributed by atoms with Crippen molar-refractivity contribution < 1.29 is 9.13 Å². The molecular weight excluding hydrogens is 271 g/mol. The van der Waals surface area contributed by atoms with Crippen LogP contribution in [0.5, 0.6) is 5.75 Å². The molecule has 1 heterocycles. The number of benzene rings is 2. The fourth-order valence-corrected chi connectivity index (χ4v) is 1.87. The molecule has 5 nitrogen and oxygen atoms in total. The molecule has 0 fully saturated rings. The number of aromatic amines is 1. The molecule has 1 aromatic heterocycles. The number of nitrogens with two attached hydrogens (primary N) is 1. The molecule has 3 N–H and O–H groups in total. The predicted molar refractivity (Wildman–Crippen MR) is 77.0 cm³/mol. The van der Waals surface area contributed by atoms with Gasteiger partial charge in [0.05, 0.1) is 5.69 Å². The van der Waals surface area contributed by atoms with Crippen molar-refractivity contribution in [2.75, 3.05) is 5.73 Å². The van der Waals surface area contributed by atoms with E-state index >= 15 is 0 Å². The second-order valence-electron chi connectivity index (χ2n) is 4.44. The van der Waals surface area contributed by atoms with Gasteiger partial charge in [-0.3, -0.25) is 5.10 Å². The van der Waals surface area contributed by atoms with E-state index in [-0.39, 0.29) is 12.4 Å². The Labute approximate surface area is 120 Å². The summed E-state index contributed by atoms with van der Waals surface area (Å²) >= 11 is 0. The molecule has 3 rings (SSSR count). The molecule has 0 aliphatic heterocycles. The lowest BCUT2D eigenvalue weighted by Crippen LogP contribution is -2.00. The second kappa shape index (κ2) is 5.62. The number of ether oxygens (including phenoxy) is 1. The summed E-state index contributed by atoms with van der Waals surface area (Å²) in [6.07, 6.45) is 0. The van der Waals surface area contributed by atoms with Crippen molar-refractivity contribution in [3.63, 3.8) is 0 Å². The van der Waals surface area contributed by atoms with E-state index in [4.69, 9.17) is 10.5 Å². The van der Waals surface area contributed by atoms with Crippen LogP contribution < -0.4 is 10.5 Å². The van der Waals surface area contributed by atoms with Crippen molar-refractivity contribution in [1.29, 1.82) is 0 Å². The van der Waals surface area contributed by atoms with E-state index < -0.39 is 0 Å². The van der Waals surface area contributed by atoms with Gasteiger partial charge in [0.25, 0.3) is 0 Å². The highest BCUT2D eigenvalue weighted by molar-refractivity contribution is 5.54. The Morgan fingerprint density at radius 2 is 2.00 bits per heavy atom. The van der Waals surface area contributed by atoms with Crippen molar-refractivity contribution in [1.82, 2.24) is 15.2 Å². The first kappa shape index (κ1) is 13.1. The third-order valence-corrected chi connectivity index (χ3v) is 2.90. The number of nitrogens with zero attached hydrogens (tertiary/aromatic N) is 2. The van der Waals surface area contributed by atoms with Crippen molar-refractivity contribution in [2.24, 2.45) is 0 Å². The van der Waals surface area contributed by atoms with Gasteiger partial charge < -0.3 is 10.5 Å². The van der Waals surface area contributed by atoms with Crippen molar-refractivity contribution >= 4 is 5.69 Å². The molecule has 21 heavy (non-hydrogen) atoms. The van der Waals surface area contributed by atoms with Gasteiger partial charge in [0.2, 0.25) is 0 Å². The van der Waals surface area contributed by atoms with Gasteiger partial charge in [-0.25, -0.2) is 9.37 Å². The minimum absolute atomic E-state index is 0.205. The topological polar surface area (TPSA) is 76.8 Å². The summed E-state index contributed by atoms with van der Waals surface area (Å²) in [7, 11) is 0. The molecule has 0 atom stereocenters. The second-order valence-corrected chi connectivity index (χ2v) is 4.44. The molecule has 3 aromatic rings. The number of aromatic nitrogens is 3. The molecule has 6 heteroatoms. The number of rotatable bonds is 4. The summed E-state index contributed by atoms with van der Waals surface area (Å²) in [5.41, 5.74) is 6.95. The Kier molecular flexibility index (Phi) is 3.51. The molecule has 2 aromatic carbocycles. The Balaban J connectivity index is 1.72. The van der Waals surface area contributed by atoms with E-state index in [0.717, 1.165) is 0 Å². The molecule has 0 saturated heterocycles. The molecule has 0 spiro atoms. The number of anilines is 1. The SMILES string of the molecule is Nc1ccccc1OCc1nc(-c2cccc(F)c2)n[nH]1. The minimum Gasteiger partial charge on any atom is -0.483 e. The smallest absolute Gasteiger partial charge is 0.181 e. The Morgan fingerprint density at radius 3 is 2.81 bits per heavy atom. The van der Waals surface area contributed by atoms with Crippen molar-refractivity contribution in [3.8, 4) is 17.1 Å². The van der Waals surface area contributed by atoms with E-state index in [1.165, 1.54) is 12.1 Å². The van der Waals surface area contributed by atoms with Gasteiger partial charge >= 0.3 is 0 Å². The van der Waals surface area contributed by atoms with Gasteiger partial charge in [-0.1, -0.05) is 24.3 Å². The number of hydrogen-bond donors (Lipinski definition) is 2. The molecule has 0 saturated carbocycles. The van der Waals surface area contributed by atoms with Crippen molar-refractivity contribution in [2.45, 2.75) is 6.61 Å². The number of H-pyrrole nitrogens is 1. The van der Waals surface area contributed by atoms with Crippen LogP contribution in [-0.4, -0.2) is 15.2 Å². The maximum Gasteiger partial charge on any atom is 0.181 e. The summed E-state index contributed by atoms with van der Waals surface area (Å²) in [5.74, 6) is 1.22. The zero-order valence-corrected chi connectivity index (χ0v) is 11.1. The van der Waals surface area contributed by atoms with Crippen LogP contribution in [0.15, 0.2) is 48.5 Å². The molecular formula is C15H13FN4O. The highest BCUT2D eigenvalue weighted by atomic mass is 19.1. The summed E-state index contributed by atoms with van der Waals surface area (Å²) in [6.45, 7) is 0.205. The summed E-state index contributed by atoms with van der Waals surface area (Å²) in [6, 6.07) is 13.3. The average molecular weight is 284 g/mol. The van der Waals surface area contributed by atoms with E-state index in [0.29, 0.717) is 28.6 Å². The first-order valence-corrected chi connectivity index (χ1v) is 6.37. The highest BCUT2D eigenvalue weighted by Crippen LogP contribution is 2.21. The molecule has 0 unspecified atom stereocenters. The standard InChI is InChI=1S/C15H13FN4O/c16-11-5-3-4-10(8-11)15-18-14(19-20-15)9-21-13-7-2-1-6-12(13)17/h1-8H,9,17H2,(H,18,19,20). The first-order chi connectivity index (χ1) is 10.2. The van der Waals surface area contributed by atoms with Gasteiger partial charge in [0.1, 0.15) is 18.2 Å². The lowest BCUT2D eigenvalue weighted by atomic mass is 10.2. The lowest BCUT2D eigenvalue weighted by molar-refractivity contribution is 0.298. The average Bonchev–Trinajstić information content (AvgIpc) is 2.95. The fraction of sp³-hybridized carbons (Fsp3) is 0.0667. The lowest BCUT2D eigenvalue weighted by Gasteiger charge is -2.05. The quantitative estimate of drug-likeness (QED) is 0.722. The fourth-order valence-electron chi connectivity index (χ4n) is 1.87. The maximum atomic E-state index is 13.2. The summed E-state index contributed by atoms with van der Waals surface area (Å²) in [5, 5.41) is 6.81. The third-order valence-electron chi connectivity index (χ3n) is 2.90. The molecule has 0 aliphatic carbocycles. The van der Waals surface area contributed by atoms with E-state index in [1.807, 2.05) is 12.1 Å². The minimum atomic E-state index is -0.327. The van der Waals surface area contributed by atoms with Crippen LogP contribution in [0, 0.1) is 5.82 Å². The van der Waals surface area contributed by atoms with E-state index in [9.17, 15) is 4.39 Å². The number of hydrogen-bond acceptors (Lipinski definition) is 4. The van der Waals surface area contributed by atoms with Crippen LogP contribution in [0.2, 0.25) is 0 Å². The number of halogens is 1. The first-order valence-electron chi connectivity index (χ1n) is 6.37. The Morgan fingerprint density at radius 1 is 1.14 bits per heavy atom. The number of nitrogens with one attached hydrogen (secondary N) is 1. The maximum absolute atomic E-state index is 13.2. The van der Waals surface area contributed by atoms with Crippen LogP contribution in [0.4, 0.5) is 10.1 Å². The zero-order chi connectivity index (χ0) is 14.7. The number of nitrogen functional groups attached to an aromatic ring is 1. The zero-order valence-electron chi connectivity index (χ0n) is 11.1.